The highest BCUT2D eigenvalue weighted by atomic mass is 19.1. The Bertz CT molecular complexity index is 665. The van der Waals surface area contributed by atoms with Gasteiger partial charge in [0.25, 0.3) is 0 Å². The van der Waals surface area contributed by atoms with Crippen LogP contribution in [0.4, 0.5) is 15.8 Å². The summed E-state index contributed by atoms with van der Waals surface area (Å²) >= 11 is 0. The molecule has 2 aliphatic heterocycles. The Hall–Kier alpha value is -2.07. The molecular formula is C19H22FN3. The van der Waals surface area contributed by atoms with Crippen LogP contribution in [0.5, 0.6) is 0 Å². The van der Waals surface area contributed by atoms with Gasteiger partial charge < -0.3 is 15.1 Å². The zero-order chi connectivity index (χ0) is 15.6. The number of nitrogens with zero attached hydrogens (tertiary/aromatic N) is 2. The molecule has 0 atom stereocenters. The van der Waals surface area contributed by atoms with E-state index in [-0.39, 0.29) is 5.82 Å². The van der Waals surface area contributed by atoms with Crippen molar-refractivity contribution in [3.8, 4) is 0 Å². The molecule has 1 N–H and O–H groups in total. The summed E-state index contributed by atoms with van der Waals surface area (Å²) in [6, 6.07) is 16.1. The number of halogens is 1. The summed E-state index contributed by atoms with van der Waals surface area (Å²) in [6.45, 7) is 3.93. The van der Waals surface area contributed by atoms with Gasteiger partial charge in [0.2, 0.25) is 0 Å². The molecule has 4 rings (SSSR count). The van der Waals surface area contributed by atoms with Crippen LogP contribution in [-0.4, -0.2) is 25.8 Å². The first kappa shape index (κ1) is 14.5. The number of para-hydroxylation sites is 2. The van der Waals surface area contributed by atoms with Gasteiger partial charge in [0, 0.05) is 12.6 Å². The van der Waals surface area contributed by atoms with Crippen LogP contribution in [0.2, 0.25) is 0 Å². The molecule has 23 heavy (non-hydrogen) atoms. The van der Waals surface area contributed by atoms with Crippen molar-refractivity contribution in [2.75, 3.05) is 29.6 Å². The summed E-state index contributed by atoms with van der Waals surface area (Å²) in [5, 5.41) is 3.44. The van der Waals surface area contributed by atoms with Crippen LogP contribution in [0, 0.1) is 5.82 Å². The molecule has 4 heteroatoms. The van der Waals surface area contributed by atoms with E-state index in [0.717, 1.165) is 31.9 Å². The summed E-state index contributed by atoms with van der Waals surface area (Å²) < 4.78 is 13.1. The van der Waals surface area contributed by atoms with E-state index in [1.165, 1.54) is 24.2 Å². The first-order valence-electron chi connectivity index (χ1n) is 8.37. The molecule has 120 valence electrons. The van der Waals surface area contributed by atoms with Crippen molar-refractivity contribution in [1.29, 1.82) is 0 Å². The molecule has 2 heterocycles. The van der Waals surface area contributed by atoms with E-state index in [4.69, 9.17) is 0 Å². The van der Waals surface area contributed by atoms with E-state index >= 15 is 0 Å². The number of nitrogens with one attached hydrogen (secondary N) is 1. The fraction of sp³-hybridized carbons (Fsp3) is 0.368. The summed E-state index contributed by atoms with van der Waals surface area (Å²) in [6.07, 6.45) is 2.39. The van der Waals surface area contributed by atoms with Crippen molar-refractivity contribution in [3.63, 3.8) is 0 Å². The molecule has 3 nitrogen and oxygen atoms in total. The minimum atomic E-state index is -0.174. The molecule has 0 radical (unpaired) electrons. The number of hydrogen-bond donors (Lipinski definition) is 1. The van der Waals surface area contributed by atoms with Gasteiger partial charge in [-0.25, -0.2) is 4.39 Å². The lowest BCUT2D eigenvalue weighted by atomic mass is 10.0. The third-order valence-electron chi connectivity index (χ3n) is 4.89. The highest BCUT2D eigenvalue weighted by Crippen LogP contribution is 2.39. The van der Waals surface area contributed by atoms with E-state index in [1.807, 2.05) is 12.1 Å². The largest absolute Gasteiger partial charge is 0.349 e. The molecule has 0 unspecified atom stereocenters. The predicted molar refractivity (Wildman–Crippen MR) is 92.3 cm³/mol. The summed E-state index contributed by atoms with van der Waals surface area (Å²) in [7, 11) is 0. The number of rotatable bonds is 3. The zero-order valence-electron chi connectivity index (χ0n) is 13.2. The normalized spacial score (nSPS) is 18.3. The molecular weight excluding hydrogens is 289 g/mol. The zero-order valence-corrected chi connectivity index (χ0v) is 13.2. The molecule has 0 spiro atoms. The van der Waals surface area contributed by atoms with E-state index in [1.54, 1.807) is 12.1 Å². The van der Waals surface area contributed by atoms with Crippen LogP contribution >= 0.6 is 0 Å². The Morgan fingerprint density at radius 3 is 2.39 bits per heavy atom. The highest BCUT2D eigenvalue weighted by molar-refractivity contribution is 5.76. The average Bonchev–Trinajstić information content (AvgIpc) is 2.97. The molecule has 1 fully saturated rings. The third-order valence-corrected chi connectivity index (χ3v) is 4.89. The summed E-state index contributed by atoms with van der Waals surface area (Å²) in [5.74, 6) is -0.174. The molecule has 2 aromatic rings. The maximum atomic E-state index is 13.1. The number of anilines is 2. The lowest BCUT2D eigenvalue weighted by molar-refractivity contribution is 0.433. The first-order valence-corrected chi connectivity index (χ1v) is 8.37. The van der Waals surface area contributed by atoms with E-state index in [2.05, 4.69) is 39.4 Å². The van der Waals surface area contributed by atoms with Gasteiger partial charge in [-0.3, -0.25) is 0 Å². The van der Waals surface area contributed by atoms with Crippen molar-refractivity contribution in [2.45, 2.75) is 25.4 Å². The van der Waals surface area contributed by atoms with Crippen LogP contribution in [0.15, 0.2) is 48.5 Å². The Morgan fingerprint density at radius 2 is 1.65 bits per heavy atom. The number of fused-ring (bicyclic) bond motifs is 1. The smallest absolute Gasteiger partial charge is 0.123 e. The van der Waals surface area contributed by atoms with Crippen LogP contribution in [0.3, 0.4) is 0 Å². The standard InChI is InChI=1S/C19H22FN3/c20-16-7-5-15(6-8-16)13-22-14-23(17-9-11-21-12-10-17)19-4-2-1-3-18(19)22/h1-8,17,21H,9-14H2. The molecule has 0 aromatic heterocycles. The van der Waals surface area contributed by atoms with Crippen molar-refractivity contribution in [1.82, 2.24) is 5.32 Å². The quantitative estimate of drug-likeness (QED) is 0.938. The second-order valence-electron chi connectivity index (χ2n) is 6.41. The lowest BCUT2D eigenvalue weighted by Gasteiger charge is -2.33. The Labute approximate surface area is 136 Å². The van der Waals surface area contributed by atoms with Gasteiger partial charge in [0.1, 0.15) is 5.82 Å². The second kappa shape index (κ2) is 6.20. The third kappa shape index (κ3) is 2.91. The van der Waals surface area contributed by atoms with E-state index in [0.29, 0.717) is 6.04 Å². The Balaban J connectivity index is 1.58. The monoisotopic (exact) mass is 311 g/mol. The van der Waals surface area contributed by atoms with Crippen LogP contribution in [0.1, 0.15) is 18.4 Å². The molecule has 1 saturated heterocycles. The van der Waals surface area contributed by atoms with E-state index in [9.17, 15) is 4.39 Å². The van der Waals surface area contributed by atoms with Crippen LogP contribution in [0.25, 0.3) is 0 Å². The predicted octanol–water partition coefficient (Wildman–Crippen LogP) is 3.36. The summed E-state index contributed by atoms with van der Waals surface area (Å²) in [5.41, 5.74) is 3.77. The van der Waals surface area contributed by atoms with Crippen molar-refractivity contribution in [2.24, 2.45) is 0 Å². The maximum absolute atomic E-state index is 13.1. The number of hydrogen-bond acceptors (Lipinski definition) is 3. The number of benzene rings is 2. The fourth-order valence-corrected chi connectivity index (χ4v) is 3.69. The highest BCUT2D eigenvalue weighted by Gasteiger charge is 2.31. The van der Waals surface area contributed by atoms with E-state index < -0.39 is 0 Å². The minimum absolute atomic E-state index is 0.174. The summed E-state index contributed by atoms with van der Waals surface area (Å²) in [4.78, 5) is 4.93. The average molecular weight is 311 g/mol. The molecule has 0 amide bonds. The first-order chi connectivity index (χ1) is 11.3. The van der Waals surface area contributed by atoms with Crippen molar-refractivity contribution in [3.05, 3.63) is 59.9 Å². The van der Waals surface area contributed by atoms with Gasteiger partial charge in [-0.1, -0.05) is 24.3 Å². The van der Waals surface area contributed by atoms with Gasteiger partial charge in [-0.15, -0.1) is 0 Å². The molecule has 2 aromatic carbocycles. The molecule has 2 aliphatic rings. The SMILES string of the molecule is Fc1ccc(CN2CN(C3CCNCC3)c3ccccc32)cc1. The van der Waals surface area contributed by atoms with Gasteiger partial charge in [-0.05, 0) is 55.8 Å². The van der Waals surface area contributed by atoms with Gasteiger partial charge in [0.15, 0.2) is 0 Å². The molecule has 0 aliphatic carbocycles. The van der Waals surface area contributed by atoms with Crippen molar-refractivity contribution >= 4 is 11.4 Å². The molecule has 0 saturated carbocycles. The fourth-order valence-electron chi connectivity index (χ4n) is 3.69. The van der Waals surface area contributed by atoms with Gasteiger partial charge in [-0.2, -0.15) is 0 Å². The van der Waals surface area contributed by atoms with Crippen LogP contribution in [-0.2, 0) is 6.54 Å². The number of piperidine rings is 1. The van der Waals surface area contributed by atoms with Crippen LogP contribution < -0.4 is 15.1 Å². The van der Waals surface area contributed by atoms with Gasteiger partial charge >= 0.3 is 0 Å². The molecule has 0 bridgehead atoms. The topological polar surface area (TPSA) is 18.5 Å². The Morgan fingerprint density at radius 1 is 0.957 bits per heavy atom. The Kier molecular flexibility index (Phi) is 3.92. The minimum Gasteiger partial charge on any atom is -0.349 e. The lowest BCUT2D eigenvalue weighted by Crippen LogP contribution is -2.44. The van der Waals surface area contributed by atoms with Crippen molar-refractivity contribution < 1.29 is 4.39 Å². The maximum Gasteiger partial charge on any atom is 0.123 e. The van der Waals surface area contributed by atoms with Gasteiger partial charge in [0.05, 0.1) is 18.0 Å². The second-order valence-corrected chi connectivity index (χ2v) is 6.41.